The summed E-state index contributed by atoms with van der Waals surface area (Å²) in [5.41, 5.74) is 1.34. The third-order valence-corrected chi connectivity index (χ3v) is 2.87. The molecule has 0 radical (unpaired) electrons. The summed E-state index contributed by atoms with van der Waals surface area (Å²) in [4.78, 5) is 6.67. The molecule has 1 N–H and O–H groups in total. The van der Waals surface area contributed by atoms with E-state index in [1.165, 1.54) is 31.6 Å². The third kappa shape index (κ3) is 3.61. The van der Waals surface area contributed by atoms with Gasteiger partial charge < -0.3 is 10.2 Å². The maximum Gasteiger partial charge on any atom is 0.0300 e. The zero-order valence-electron chi connectivity index (χ0n) is 9.15. The number of hydrogen-bond donors (Lipinski definition) is 1. The summed E-state index contributed by atoms with van der Waals surface area (Å²) in [6.07, 6.45) is 6.19. The molecule has 0 unspecified atom stereocenters. The van der Waals surface area contributed by atoms with Crippen molar-refractivity contribution in [3.63, 3.8) is 0 Å². The molecule has 0 aliphatic carbocycles. The predicted molar refractivity (Wildman–Crippen MR) is 61.9 cm³/mol. The van der Waals surface area contributed by atoms with Gasteiger partial charge in [-0.05, 0) is 37.6 Å². The SMILES string of the molecule is c1cncc(CCN2CCCNCC2)c1. The Morgan fingerprint density at radius 1 is 1.33 bits per heavy atom. The van der Waals surface area contributed by atoms with E-state index in [1.807, 2.05) is 18.5 Å². The van der Waals surface area contributed by atoms with Crippen LogP contribution in [0, 0.1) is 0 Å². The van der Waals surface area contributed by atoms with Crippen LogP contribution < -0.4 is 5.32 Å². The van der Waals surface area contributed by atoms with Crippen LogP contribution in [-0.4, -0.2) is 42.6 Å². The molecule has 1 aliphatic rings. The highest BCUT2D eigenvalue weighted by Gasteiger charge is 2.07. The lowest BCUT2D eigenvalue weighted by atomic mass is 10.2. The molecule has 1 fully saturated rings. The highest BCUT2D eigenvalue weighted by atomic mass is 15.1. The molecule has 1 saturated heterocycles. The van der Waals surface area contributed by atoms with Gasteiger partial charge in [0, 0.05) is 32.0 Å². The first kappa shape index (κ1) is 10.6. The van der Waals surface area contributed by atoms with Crippen LogP contribution in [0.5, 0.6) is 0 Å². The van der Waals surface area contributed by atoms with Gasteiger partial charge in [-0.25, -0.2) is 0 Å². The van der Waals surface area contributed by atoms with Gasteiger partial charge in [0.2, 0.25) is 0 Å². The van der Waals surface area contributed by atoms with Crippen molar-refractivity contribution >= 4 is 0 Å². The largest absolute Gasteiger partial charge is 0.315 e. The number of nitrogens with zero attached hydrogens (tertiary/aromatic N) is 2. The molecule has 1 aromatic heterocycles. The number of nitrogens with one attached hydrogen (secondary N) is 1. The van der Waals surface area contributed by atoms with E-state index >= 15 is 0 Å². The van der Waals surface area contributed by atoms with Crippen LogP contribution in [0.2, 0.25) is 0 Å². The highest BCUT2D eigenvalue weighted by molar-refractivity contribution is 5.08. The van der Waals surface area contributed by atoms with Gasteiger partial charge in [0.25, 0.3) is 0 Å². The van der Waals surface area contributed by atoms with E-state index in [-0.39, 0.29) is 0 Å². The van der Waals surface area contributed by atoms with Crippen LogP contribution in [0.3, 0.4) is 0 Å². The van der Waals surface area contributed by atoms with Crippen molar-refractivity contribution < 1.29 is 0 Å². The van der Waals surface area contributed by atoms with Crippen molar-refractivity contribution in [1.29, 1.82) is 0 Å². The fourth-order valence-corrected chi connectivity index (χ4v) is 1.96. The Hall–Kier alpha value is -0.930. The van der Waals surface area contributed by atoms with Gasteiger partial charge in [0.15, 0.2) is 0 Å². The molecule has 0 amide bonds. The van der Waals surface area contributed by atoms with Crippen LogP contribution in [0.4, 0.5) is 0 Å². The van der Waals surface area contributed by atoms with E-state index in [0.29, 0.717) is 0 Å². The van der Waals surface area contributed by atoms with Crippen LogP contribution in [0.25, 0.3) is 0 Å². The van der Waals surface area contributed by atoms with E-state index < -0.39 is 0 Å². The Labute approximate surface area is 91.5 Å². The first-order valence-electron chi connectivity index (χ1n) is 5.77. The second-order valence-electron chi connectivity index (χ2n) is 4.06. The average Bonchev–Trinajstić information content (AvgIpc) is 2.56. The Morgan fingerprint density at radius 3 is 3.20 bits per heavy atom. The van der Waals surface area contributed by atoms with Crippen LogP contribution in [0.15, 0.2) is 24.5 Å². The number of rotatable bonds is 3. The molecule has 2 heterocycles. The standard InChI is InChI=1S/C12H19N3/c1-3-12(11-14-5-1)4-9-15-8-2-6-13-7-10-15/h1,3,5,11,13H,2,4,6-10H2. The number of hydrogen-bond acceptors (Lipinski definition) is 3. The maximum atomic E-state index is 4.14. The zero-order valence-corrected chi connectivity index (χ0v) is 9.15. The summed E-state index contributed by atoms with van der Waals surface area (Å²) in [6, 6.07) is 4.17. The highest BCUT2D eigenvalue weighted by Crippen LogP contribution is 2.01. The molecule has 82 valence electrons. The summed E-state index contributed by atoms with van der Waals surface area (Å²) in [6.45, 7) is 5.87. The molecule has 3 nitrogen and oxygen atoms in total. The molecule has 0 atom stereocenters. The van der Waals surface area contributed by atoms with E-state index in [4.69, 9.17) is 0 Å². The number of pyridine rings is 1. The van der Waals surface area contributed by atoms with Crippen molar-refractivity contribution in [3.8, 4) is 0 Å². The van der Waals surface area contributed by atoms with Crippen LogP contribution >= 0.6 is 0 Å². The minimum absolute atomic E-state index is 1.12. The molecule has 1 aromatic rings. The second kappa shape index (κ2) is 5.83. The summed E-state index contributed by atoms with van der Waals surface area (Å²) >= 11 is 0. The molecule has 15 heavy (non-hydrogen) atoms. The molecule has 0 saturated carbocycles. The fraction of sp³-hybridized carbons (Fsp3) is 0.583. The molecular formula is C12H19N3. The quantitative estimate of drug-likeness (QED) is 0.795. The minimum Gasteiger partial charge on any atom is -0.315 e. The van der Waals surface area contributed by atoms with Crippen LogP contribution in [0.1, 0.15) is 12.0 Å². The molecule has 0 spiro atoms. The third-order valence-electron chi connectivity index (χ3n) is 2.87. The van der Waals surface area contributed by atoms with Crippen molar-refractivity contribution in [2.45, 2.75) is 12.8 Å². The van der Waals surface area contributed by atoms with Crippen molar-refractivity contribution in [1.82, 2.24) is 15.2 Å². The predicted octanol–water partition coefficient (Wildman–Crippen LogP) is 0.919. The van der Waals surface area contributed by atoms with Gasteiger partial charge in [-0.3, -0.25) is 4.98 Å². The molecule has 3 heteroatoms. The minimum atomic E-state index is 1.12. The summed E-state index contributed by atoms with van der Waals surface area (Å²) in [5, 5.41) is 3.42. The van der Waals surface area contributed by atoms with Gasteiger partial charge in [-0.2, -0.15) is 0 Å². The fourth-order valence-electron chi connectivity index (χ4n) is 1.96. The monoisotopic (exact) mass is 205 g/mol. The lowest BCUT2D eigenvalue weighted by Crippen LogP contribution is -2.30. The van der Waals surface area contributed by atoms with Gasteiger partial charge >= 0.3 is 0 Å². The zero-order chi connectivity index (χ0) is 10.3. The van der Waals surface area contributed by atoms with E-state index in [2.05, 4.69) is 21.3 Å². The van der Waals surface area contributed by atoms with Gasteiger partial charge in [0.1, 0.15) is 0 Å². The summed E-state index contributed by atoms with van der Waals surface area (Å²) in [5.74, 6) is 0. The normalized spacial score (nSPS) is 18.7. The molecule has 0 aromatic carbocycles. The van der Waals surface area contributed by atoms with E-state index in [1.54, 1.807) is 0 Å². The van der Waals surface area contributed by atoms with Crippen LogP contribution in [-0.2, 0) is 6.42 Å². The lowest BCUT2D eigenvalue weighted by molar-refractivity contribution is 0.296. The second-order valence-corrected chi connectivity index (χ2v) is 4.06. The van der Waals surface area contributed by atoms with E-state index in [9.17, 15) is 0 Å². The van der Waals surface area contributed by atoms with Gasteiger partial charge in [-0.15, -0.1) is 0 Å². The van der Waals surface area contributed by atoms with E-state index in [0.717, 1.165) is 19.5 Å². The van der Waals surface area contributed by atoms with Crippen molar-refractivity contribution in [3.05, 3.63) is 30.1 Å². The first-order chi connectivity index (χ1) is 7.45. The Kier molecular flexibility index (Phi) is 4.11. The van der Waals surface area contributed by atoms with Crippen molar-refractivity contribution in [2.24, 2.45) is 0 Å². The smallest absolute Gasteiger partial charge is 0.0300 e. The Morgan fingerprint density at radius 2 is 2.33 bits per heavy atom. The van der Waals surface area contributed by atoms with Gasteiger partial charge in [0.05, 0.1) is 0 Å². The number of aromatic nitrogens is 1. The molecular weight excluding hydrogens is 186 g/mol. The molecule has 0 bridgehead atoms. The average molecular weight is 205 g/mol. The summed E-state index contributed by atoms with van der Waals surface area (Å²) < 4.78 is 0. The molecule has 1 aliphatic heterocycles. The summed E-state index contributed by atoms with van der Waals surface area (Å²) in [7, 11) is 0. The van der Waals surface area contributed by atoms with Crippen molar-refractivity contribution in [2.75, 3.05) is 32.7 Å². The molecule has 2 rings (SSSR count). The Balaban J connectivity index is 1.77. The maximum absolute atomic E-state index is 4.14. The topological polar surface area (TPSA) is 28.2 Å². The Bertz CT molecular complexity index is 265. The van der Waals surface area contributed by atoms with Gasteiger partial charge in [-0.1, -0.05) is 6.07 Å². The first-order valence-corrected chi connectivity index (χ1v) is 5.77. The lowest BCUT2D eigenvalue weighted by Gasteiger charge is -2.18.